The summed E-state index contributed by atoms with van der Waals surface area (Å²) in [5.41, 5.74) is 13.5. The summed E-state index contributed by atoms with van der Waals surface area (Å²) < 4.78 is 2.00. The van der Waals surface area contributed by atoms with Crippen molar-refractivity contribution in [3.05, 3.63) is 35.9 Å². The molecule has 21 heavy (non-hydrogen) atoms. The van der Waals surface area contributed by atoms with Gasteiger partial charge in [0.1, 0.15) is 11.5 Å². The van der Waals surface area contributed by atoms with Gasteiger partial charge in [-0.25, -0.2) is 4.98 Å². The predicted octanol–water partition coefficient (Wildman–Crippen LogP) is 1.61. The molecule has 1 aromatic carbocycles. The molecule has 0 unspecified atom stereocenters. The van der Waals surface area contributed by atoms with Crippen molar-refractivity contribution >= 4 is 45.4 Å². The first-order valence-corrected chi connectivity index (χ1v) is 6.83. The molecule has 0 aliphatic heterocycles. The number of nitrogen functional groups attached to an aromatic ring is 1. The summed E-state index contributed by atoms with van der Waals surface area (Å²) in [6.45, 7) is 1.11. The van der Waals surface area contributed by atoms with Crippen molar-refractivity contribution in [2.75, 3.05) is 12.3 Å². The molecule has 108 valence electrons. The molecule has 0 atom stereocenters. The molecular formula is C14H14ClN5O. The van der Waals surface area contributed by atoms with Gasteiger partial charge in [-0.15, -0.1) is 0 Å². The Balaban J connectivity index is 2.40. The topological polar surface area (TPSA) is 99.0 Å². The Kier molecular flexibility index (Phi) is 3.40. The van der Waals surface area contributed by atoms with Crippen LogP contribution in [0.25, 0.3) is 21.9 Å². The van der Waals surface area contributed by atoms with Gasteiger partial charge in [-0.2, -0.15) is 0 Å². The molecule has 3 rings (SSSR count). The average Bonchev–Trinajstić information content (AvgIpc) is 2.80. The highest BCUT2D eigenvalue weighted by Crippen LogP contribution is 2.30. The summed E-state index contributed by atoms with van der Waals surface area (Å²) in [5.74, 6) is -0.332. The maximum absolute atomic E-state index is 11.8. The summed E-state index contributed by atoms with van der Waals surface area (Å²) in [6.07, 6.45) is 0. The van der Waals surface area contributed by atoms with Gasteiger partial charge in [-0.1, -0.05) is 18.2 Å². The largest absolute Gasteiger partial charge is 0.383 e. The summed E-state index contributed by atoms with van der Waals surface area (Å²) in [4.78, 5) is 18.2. The van der Waals surface area contributed by atoms with E-state index < -0.39 is 5.91 Å². The van der Waals surface area contributed by atoms with Gasteiger partial charge in [0.25, 0.3) is 5.91 Å². The van der Waals surface area contributed by atoms with Crippen molar-refractivity contribution in [1.29, 1.82) is 0 Å². The Morgan fingerprint density at radius 3 is 2.81 bits per heavy atom. The van der Waals surface area contributed by atoms with Gasteiger partial charge < -0.3 is 16.0 Å². The Bertz CT molecular complexity index is 842. The van der Waals surface area contributed by atoms with E-state index in [2.05, 4.69) is 9.82 Å². The number of para-hydroxylation sites is 1. The van der Waals surface area contributed by atoms with E-state index in [1.807, 2.05) is 28.8 Å². The summed E-state index contributed by atoms with van der Waals surface area (Å²) in [5, 5.41) is 1.85. The second-order valence-corrected chi connectivity index (χ2v) is 4.86. The molecule has 7 heteroatoms. The van der Waals surface area contributed by atoms with E-state index in [9.17, 15) is 4.79 Å². The predicted molar refractivity (Wildman–Crippen MR) is 84.0 cm³/mol. The number of fused-ring (bicyclic) bond motifs is 3. The molecule has 0 radical (unpaired) electrons. The van der Waals surface area contributed by atoms with Crippen LogP contribution in [-0.2, 0) is 6.54 Å². The molecule has 0 aliphatic rings. The number of pyridine rings is 1. The van der Waals surface area contributed by atoms with E-state index in [-0.39, 0.29) is 11.4 Å². The third kappa shape index (κ3) is 2.09. The number of nitrogens with one attached hydrogen (secondary N) is 1. The number of amides is 1. The molecular weight excluding hydrogens is 290 g/mol. The van der Waals surface area contributed by atoms with Crippen molar-refractivity contribution in [2.24, 2.45) is 5.73 Å². The van der Waals surface area contributed by atoms with E-state index in [0.29, 0.717) is 18.7 Å². The van der Waals surface area contributed by atoms with Crippen molar-refractivity contribution < 1.29 is 4.79 Å². The van der Waals surface area contributed by atoms with E-state index in [1.165, 1.54) is 0 Å². The lowest BCUT2D eigenvalue weighted by Gasteiger charge is -2.06. The number of hydrogen-bond donors (Lipinski definition) is 3. The van der Waals surface area contributed by atoms with Crippen molar-refractivity contribution in [2.45, 2.75) is 6.54 Å². The van der Waals surface area contributed by atoms with Crippen molar-refractivity contribution in [3.63, 3.8) is 0 Å². The van der Waals surface area contributed by atoms with Crippen LogP contribution in [0, 0.1) is 0 Å². The monoisotopic (exact) mass is 303 g/mol. The molecule has 3 aromatic rings. The number of rotatable bonds is 3. The third-order valence-electron chi connectivity index (χ3n) is 3.46. The zero-order valence-electron chi connectivity index (χ0n) is 11.1. The van der Waals surface area contributed by atoms with Crippen LogP contribution in [0.2, 0.25) is 0 Å². The van der Waals surface area contributed by atoms with Crippen molar-refractivity contribution in [1.82, 2.24) is 14.4 Å². The fourth-order valence-electron chi connectivity index (χ4n) is 2.56. The fourth-order valence-corrected chi connectivity index (χ4v) is 2.66. The van der Waals surface area contributed by atoms with Crippen LogP contribution in [0.1, 0.15) is 10.4 Å². The molecule has 2 heterocycles. The van der Waals surface area contributed by atoms with Crippen LogP contribution in [0.5, 0.6) is 0 Å². The van der Waals surface area contributed by atoms with Gasteiger partial charge in [0.15, 0.2) is 0 Å². The van der Waals surface area contributed by atoms with Gasteiger partial charge in [-0.3, -0.25) is 9.63 Å². The SMILES string of the molecule is NCCn1c2ccccc2c2cc(C(=O)NCl)c(N)nc21. The first-order valence-electron chi connectivity index (χ1n) is 6.46. The minimum absolute atomic E-state index is 0.140. The Labute approximate surface area is 125 Å². The van der Waals surface area contributed by atoms with Crippen LogP contribution in [0.4, 0.5) is 5.82 Å². The highest BCUT2D eigenvalue weighted by Gasteiger charge is 2.17. The van der Waals surface area contributed by atoms with Crippen LogP contribution in [-0.4, -0.2) is 22.0 Å². The Morgan fingerprint density at radius 2 is 2.10 bits per heavy atom. The molecule has 0 bridgehead atoms. The lowest BCUT2D eigenvalue weighted by atomic mass is 10.1. The Hall–Kier alpha value is -2.31. The molecule has 0 spiro atoms. The maximum Gasteiger partial charge on any atom is 0.269 e. The van der Waals surface area contributed by atoms with E-state index in [1.54, 1.807) is 6.07 Å². The molecule has 0 fully saturated rings. The average molecular weight is 304 g/mol. The third-order valence-corrected chi connectivity index (χ3v) is 3.63. The standard InChI is InChI=1S/C14H14ClN5O/c15-19-14(21)10-7-9-8-3-1-2-4-11(8)20(6-5-16)13(9)18-12(10)17/h1-4,7H,5-6,16H2,(H2,17,18)(H,19,21). The number of carbonyl (C=O) groups excluding carboxylic acids is 1. The molecule has 0 saturated carbocycles. The number of aromatic nitrogens is 2. The number of carbonyl (C=O) groups is 1. The molecule has 6 nitrogen and oxygen atoms in total. The lowest BCUT2D eigenvalue weighted by Crippen LogP contribution is -2.16. The van der Waals surface area contributed by atoms with Crippen LogP contribution in [0.15, 0.2) is 30.3 Å². The van der Waals surface area contributed by atoms with Gasteiger partial charge in [0, 0.05) is 35.6 Å². The normalized spacial score (nSPS) is 11.1. The first kappa shape index (κ1) is 13.7. The number of nitrogens with two attached hydrogens (primary N) is 2. The minimum Gasteiger partial charge on any atom is -0.383 e. The number of benzene rings is 1. The van der Waals surface area contributed by atoms with Crippen molar-refractivity contribution in [3.8, 4) is 0 Å². The first-order chi connectivity index (χ1) is 10.2. The highest BCUT2D eigenvalue weighted by molar-refractivity contribution is 6.25. The van der Waals surface area contributed by atoms with Crippen LogP contribution < -0.4 is 16.3 Å². The minimum atomic E-state index is -0.473. The van der Waals surface area contributed by atoms with Gasteiger partial charge >= 0.3 is 0 Å². The second kappa shape index (κ2) is 5.23. The number of anilines is 1. The number of hydrogen-bond acceptors (Lipinski definition) is 4. The zero-order chi connectivity index (χ0) is 15.0. The molecule has 1 amide bonds. The summed E-state index contributed by atoms with van der Waals surface area (Å²) in [6, 6.07) is 9.57. The lowest BCUT2D eigenvalue weighted by molar-refractivity contribution is 0.0982. The van der Waals surface area contributed by atoms with Gasteiger partial charge in [-0.05, 0) is 12.1 Å². The fraction of sp³-hybridized carbons (Fsp3) is 0.143. The smallest absolute Gasteiger partial charge is 0.269 e. The Morgan fingerprint density at radius 1 is 1.33 bits per heavy atom. The summed E-state index contributed by atoms with van der Waals surface area (Å²) >= 11 is 5.38. The molecule has 2 aromatic heterocycles. The van der Waals surface area contributed by atoms with E-state index >= 15 is 0 Å². The zero-order valence-corrected chi connectivity index (χ0v) is 11.9. The van der Waals surface area contributed by atoms with E-state index in [4.69, 9.17) is 23.2 Å². The number of halogens is 1. The molecule has 0 saturated heterocycles. The van der Waals surface area contributed by atoms with Gasteiger partial charge in [0.2, 0.25) is 0 Å². The highest BCUT2D eigenvalue weighted by atomic mass is 35.5. The second-order valence-electron chi connectivity index (χ2n) is 4.67. The van der Waals surface area contributed by atoms with E-state index in [0.717, 1.165) is 16.3 Å². The van der Waals surface area contributed by atoms with Gasteiger partial charge in [0.05, 0.1) is 11.1 Å². The van der Waals surface area contributed by atoms with Crippen LogP contribution >= 0.6 is 11.8 Å². The van der Waals surface area contributed by atoms with Crippen LogP contribution in [0.3, 0.4) is 0 Å². The number of nitrogens with zero attached hydrogens (tertiary/aromatic N) is 2. The molecule has 5 N–H and O–H groups in total. The molecule has 0 aliphatic carbocycles. The maximum atomic E-state index is 11.8. The summed E-state index contributed by atoms with van der Waals surface area (Å²) in [7, 11) is 0. The quantitative estimate of drug-likeness (QED) is 0.640.